The molecule has 0 aromatic heterocycles. The molecule has 8 heteroatoms. The van der Waals surface area contributed by atoms with Crippen LogP contribution in [0.5, 0.6) is 5.75 Å². The maximum Gasteiger partial charge on any atom is 0.273 e. The van der Waals surface area contributed by atoms with Crippen LogP contribution in [0, 0.1) is 21.4 Å². The van der Waals surface area contributed by atoms with Crippen molar-refractivity contribution in [1.82, 2.24) is 4.90 Å². The number of benzene rings is 1. The topological polar surface area (TPSA) is 108 Å². The number of nitro benzene ring substituents is 1. The van der Waals surface area contributed by atoms with E-state index in [4.69, 9.17) is 4.74 Å². The highest BCUT2D eigenvalue weighted by molar-refractivity contribution is 5.97. The molecule has 0 radical (unpaired) electrons. The van der Waals surface area contributed by atoms with Crippen molar-refractivity contribution in [2.45, 2.75) is 38.1 Å². The molecule has 1 aromatic rings. The lowest BCUT2D eigenvalue weighted by molar-refractivity contribution is -0.384. The smallest absolute Gasteiger partial charge is 0.273 e. The van der Waals surface area contributed by atoms with E-state index in [9.17, 15) is 20.2 Å². The van der Waals surface area contributed by atoms with Crippen molar-refractivity contribution < 1.29 is 14.5 Å². The molecule has 0 bridgehead atoms. The summed E-state index contributed by atoms with van der Waals surface area (Å²) >= 11 is 0. The Morgan fingerprint density at radius 3 is 2.69 bits per heavy atom. The number of nitrogens with zero attached hydrogens (tertiary/aromatic N) is 3. The molecule has 1 aromatic carbocycles. The minimum Gasteiger partial charge on any atom is -0.494 e. The molecule has 0 heterocycles. The predicted octanol–water partition coefficient (Wildman–Crippen LogP) is 3.21. The van der Waals surface area contributed by atoms with Crippen LogP contribution in [-0.4, -0.2) is 35.9 Å². The first kappa shape index (κ1) is 19.2. The van der Waals surface area contributed by atoms with Crippen molar-refractivity contribution in [3.8, 4) is 11.8 Å². The van der Waals surface area contributed by atoms with Gasteiger partial charge in [0, 0.05) is 25.4 Å². The Labute approximate surface area is 152 Å². The summed E-state index contributed by atoms with van der Waals surface area (Å²) in [5, 5.41) is 23.0. The maximum atomic E-state index is 12.6. The molecule has 0 spiro atoms. The lowest BCUT2D eigenvalue weighted by Gasteiger charge is -2.31. The van der Waals surface area contributed by atoms with Gasteiger partial charge in [0.05, 0.1) is 23.8 Å². The highest BCUT2D eigenvalue weighted by Gasteiger charge is 2.24. The molecular formula is C18H22N4O4. The number of methoxy groups -OCH3 is 1. The number of non-ortho nitro benzene ring substituents is 1. The van der Waals surface area contributed by atoms with Gasteiger partial charge in [0.25, 0.3) is 11.6 Å². The van der Waals surface area contributed by atoms with Crippen molar-refractivity contribution in [3.05, 3.63) is 40.1 Å². The number of nitriles is 1. The summed E-state index contributed by atoms with van der Waals surface area (Å²) < 4.78 is 5.13. The molecule has 1 fully saturated rings. The standard InChI is InChI=1S/C18H22N4O4/c1-21(14-6-4-3-5-7-14)18(23)13(11-19)12-20-16-9-8-15(22(24)25)10-17(16)26-2/h8-10,12,14,20H,3-7H2,1-2H3/b13-12-. The van der Waals surface area contributed by atoms with Crippen LogP contribution >= 0.6 is 0 Å². The third-order valence-corrected chi connectivity index (χ3v) is 4.56. The minimum absolute atomic E-state index is 0.0292. The van der Waals surface area contributed by atoms with Crippen LogP contribution in [0.4, 0.5) is 11.4 Å². The first-order valence-electron chi connectivity index (χ1n) is 8.44. The normalized spacial score (nSPS) is 15.0. The van der Waals surface area contributed by atoms with Crippen molar-refractivity contribution in [2.24, 2.45) is 0 Å². The Balaban J connectivity index is 2.15. The number of carbonyl (C=O) groups is 1. The van der Waals surface area contributed by atoms with E-state index < -0.39 is 4.92 Å². The Kier molecular flexibility index (Phi) is 6.55. The van der Waals surface area contributed by atoms with E-state index in [0.717, 1.165) is 25.7 Å². The van der Waals surface area contributed by atoms with Crippen LogP contribution in [0.25, 0.3) is 0 Å². The summed E-state index contributed by atoms with van der Waals surface area (Å²) in [5.41, 5.74) is 0.294. The maximum absolute atomic E-state index is 12.6. The molecule has 0 unspecified atom stereocenters. The molecule has 0 aliphatic heterocycles. The predicted molar refractivity (Wildman–Crippen MR) is 96.6 cm³/mol. The van der Waals surface area contributed by atoms with Gasteiger partial charge < -0.3 is 15.0 Å². The van der Waals surface area contributed by atoms with E-state index in [1.807, 2.05) is 6.07 Å². The number of rotatable bonds is 6. The SMILES string of the molecule is COc1cc([N+](=O)[O-])ccc1N/C=C(/C#N)C(=O)N(C)C1CCCCC1. The second kappa shape index (κ2) is 8.85. The zero-order valence-corrected chi connectivity index (χ0v) is 14.9. The van der Waals surface area contributed by atoms with Crippen LogP contribution in [0.3, 0.4) is 0 Å². The van der Waals surface area contributed by atoms with Gasteiger partial charge in [-0.15, -0.1) is 0 Å². The summed E-state index contributed by atoms with van der Waals surface area (Å²) in [7, 11) is 3.11. The summed E-state index contributed by atoms with van der Waals surface area (Å²) in [6.07, 6.45) is 6.57. The third kappa shape index (κ3) is 4.51. The second-order valence-electron chi connectivity index (χ2n) is 6.16. The fourth-order valence-corrected chi connectivity index (χ4v) is 3.03. The highest BCUT2D eigenvalue weighted by atomic mass is 16.6. The van der Waals surface area contributed by atoms with E-state index in [-0.39, 0.29) is 29.0 Å². The average molecular weight is 358 g/mol. The van der Waals surface area contributed by atoms with E-state index >= 15 is 0 Å². The number of carbonyl (C=O) groups excluding carboxylic acids is 1. The molecular weight excluding hydrogens is 336 g/mol. The molecule has 138 valence electrons. The number of nitro groups is 1. The van der Waals surface area contributed by atoms with Gasteiger partial charge in [-0.05, 0) is 18.9 Å². The van der Waals surface area contributed by atoms with Gasteiger partial charge in [0.15, 0.2) is 0 Å². The summed E-state index contributed by atoms with van der Waals surface area (Å²) in [6.45, 7) is 0. The Bertz CT molecular complexity index is 748. The number of nitrogens with one attached hydrogen (secondary N) is 1. The largest absolute Gasteiger partial charge is 0.494 e. The van der Waals surface area contributed by atoms with Gasteiger partial charge in [-0.2, -0.15) is 5.26 Å². The molecule has 8 nitrogen and oxygen atoms in total. The molecule has 1 aliphatic rings. The lowest BCUT2D eigenvalue weighted by Crippen LogP contribution is -2.39. The van der Waals surface area contributed by atoms with Gasteiger partial charge in [0.1, 0.15) is 17.4 Å². The summed E-state index contributed by atoms with van der Waals surface area (Å²) in [6, 6.07) is 6.14. The lowest BCUT2D eigenvalue weighted by atomic mass is 9.94. The monoisotopic (exact) mass is 358 g/mol. The number of likely N-dealkylation sites (N-methyl/N-ethyl adjacent to an activating group) is 1. The van der Waals surface area contributed by atoms with Crippen molar-refractivity contribution >= 4 is 17.3 Å². The van der Waals surface area contributed by atoms with E-state index in [1.165, 1.54) is 37.9 Å². The van der Waals surface area contributed by atoms with E-state index in [1.54, 1.807) is 11.9 Å². The second-order valence-corrected chi connectivity index (χ2v) is 6.16. The first-order valence-corrected chi connectivity index (χ1v) is 8.44. The van der Waals surface area contributed by atoms with Gasteiger partial charge in [-0.1, -0.05) is 19.3 Å². The van der Waals surface area contributed by atoms with Crippen molar-refractivity contribution in [2.75, 3.05) is 19.5 Å². The van der Waals surface area contributed by atoms with Gasteiger partial charge >= 0.3 is 0 Å². The van der Waals surface area contributed by atoms with Crippen LogP contribution in [0.1, 0.15) is 32.1 Å². The molecule has 26 heavy (non-hydrogen) atoms. The fraction of sp³-hybridized carbons (Fsp3) is 0.444. The summed E-state index contributed by atoms with van der Waals surface area (Å²) in [5.74, 6) is -0.0893. The molecule has 1 aliphatic carbocycles. The van der Waals surface area contributed by atoms with E-state index in [0.29, 0.717) is 5.69 Å². The zero-order valence-electron chi connectivity index (χ0n) is 14.9. The number of anilines is 1. The number of hydrogen-bond acceptors (Lipinski definition) is 6. The number of amides is 1. The molecule has 0 saturated heterocycles. The van der Waals surface area contributed by atoms with Gasteiger partial charge in [-0.3, -0.25) is 14.9 Å². The Hall–Kier alpha value is -3.08. The molecule has 1 amide bonds. The molecule has 1 saturated carbocycles. The zero-order chi connectivity index (χ0) is 19.1. The van der Waals surface area contributed by atoms with Crippen LogP contribution in [0.15, 0.2) is 30.0 Å². The average Bonchev–Trinajstić information content (AvgIpc) is 2.68. The molecule has 0 atom stereocenters. The Morgan fingerprint density at radius 1 is 1.42 bits per heavy atom. The third-order valence-electron chi connectivity index (χ3n) is 4.56. The van der Waals surface area contributed by atoms with Crippen LogP contribution in [-0.2, 0) is 4.79 Å². The number of ether oxygens (including phenoxy) is 1. The quantitative estimate of drug-likeness (QED) is 0.362. The van der Waals surface area contributed by atoms with Crippen molar-refractivity contribution in [3.63, 3.8) is 0 Å². The van der Waals surface area contributed by atoms with Gasteiger partial charge in [0.2, 0.25) is 0 Å². The fourth-order valence-electron chi connectivity index (χ4n) is 3.03. The minimum atomic E-state index is -0.522. The Morgan fingerprint density at radius 2 is 2.12 bits per heavy atom. The van der Waals surface area contributed by atoms with Gasteiger partial charge in [-0.25, -0.2) is 0 Å². The van der Waals surface area contributed by atoms with E-state index in [2.05, 4.69) is 5.32 Å². The first-order chi connectivity index (χ1) is 12.5. The van der Waals surface area contributed by atoms with Crippen LogP contribution in [0.2, 0.25) is 0 Å². The number of hydrogen-bond donors (Lipinski definition) is 1. The summed E-state index contributed by atoms with van der Waals surface area (Å²) in [4.78, 5) is 24.5. The van der Waals surface area contributed by atoms with Crippen molar-refractivity contribution in [1.29, 1.82) is 5.26 Å². The van der Waals surface area contributed by atoms with Crippen LogP contribution < -0.4 is 10.1 Å². The molecule has 2 rings (SSSR count). The molecule has 1 N–H and O–H groups in total. The highest BCUT2D eigenvalue weighted by Crippen LogP contribution is 2.29.